The summed E-state index contributed by atoms with van der Waals surface area (Å²) in [4.78, 5) is 9.34. The lowest BCUT2D eigenvalue weighted by molar-refractivity contribution is 1.53. The van der Waals surface area contributed by atoms with Gasteiger partial charge in [0.05, 0.1) is 0 Å². The molecule has 0 spiro atoms. The van der Waals surface area contributed by atoms with E-state index >= 15 is 0 Å². The van der Waals surface area contributed by atoms with E-state index < -0.39 is 0 Å². The van der Waals surface area contributed by atoms with Gasteiger partial charge in [-0.1, -0.05) is 72.8 Å². The quantitative estimate of drug-likeness (QED) is 0.138. The van der Waals surface area contributed by atoms with Gasteiger partial charge in [0.2, 0.25) is 0 Å². The van der Waals surface area contributed by atoms with Gasteiger partial charge in [-0.3, -0.25) is 0 Å². The molecule has 4 aromatic carbocycles. The smallest absolute Gasteiger partial charge is 0.199 e. The highest BCUT2D eigenvalue weighted by atomic mass is 32.1. The second-order valence-electron chi connectivity index (χ2n) is 7.50. The number of nitrogens with zero attached hydrogens (tertiary/aromatic N) is 2. The first kappa shape index (κ1) is 24.7. The van der Waals surface area contributed by atoms with Crippen LogP contribution < -0.4 is 21.3 Å². The zero-order chi connectivity index (χ0) is 25.0. The van der Waals surface area contributed by atoms with Crippen molar-refractivity contribution < 1.29 is 0 Å². The molecule has 0 aliphatic carbocycles. The Morgan fingerprint density at radius 1 is 0.389 bits per heavy atom. The Morgan fingerprint density at radius 3 is 0.917 bits per heavy atom. The van der Waals surface area contributed by atoms with Crippen LogP contribution in [0, 0.1) is 0 Å². The normalized spacial score (nSPS) is 11.3. The van der Waals surface area contributed by atoms with Gasteiger partial charge < -0.3 is 21.3 Å². The SMILES string of the molecule is S=C(/N=C(Nc1ccccc1)/C(=N/C(=S)Nc1ccccc1)Nc1ccccc1)Nc1ccccc1. The van der Waals surface area contributed by atoms with Gasteiger partial charge in [0.15, 0.2) is 21.9 Å². The van der Waals surface area contributed by atoms with Gasteiger partial charge in [-0.25, -0.2) is 0 Å². The van der Waals surface area contributed by atoms with E-state index in [-0.39, 0.29) is 10.2 Å². The van der Waals surface area contributed by atoms with Crippen LogP contribution in [-0.2, 0) is 0 Å². The summed E-state index contributed by atoms with van der Waals surface area (Å²) in [7, 11) is 0. The fraction of sp³-hybridized carbons (Fsp3) is 0. The third-order valence-corrected chi connectivity index (χ3v) is 5.16. The van der Waals surface area contributed by atoms with Gasteiger partial charge in [-0.2, -0.15) is 9.98 Å². The van der Waals surface area contributed by atoms with Gasteiger partial charge in [0.25, 0.3) is 0 Å². The maximum Gasteiger partial charge on any atom is 0.199 e. The molecule has 0 saturated carbocycles. The third-order valence-electron chi connectivity index (χ3n) is 4.77. The molecule has 0 aliphatic heterocycles. The van der Waals surface area contributed by atoms with E-state index in [1.54, 1.807) is 0 Å². The summed E-state index contributed by atoms with van der Waals surface area (Å²) in [6, 6.07) is 38.6. The van der Waals surface area contributed by atoms with E-state index in [0.29, 0.717) is 11.7 Å². The number of benzene rings is 4. The molecule has 4 N–H and O–H groups in total. The van der Waals surface area contributed by atoms with Gasteiger partial charge in [-0.15, -0.1) is 0 Å². The summed E-state index contributed by atoms with van der Waals surface area (Å²) in [6.07, 6.45) is 0. The first-order valence-corrected chi connectivity index (χ1v) is 12.0. The lowest BCUT2D eigenvalue weighted by atomic mass is 10.3. The van der Waals surface area contributed by atoms with Crippen molar-refractivity contribution in [1.29, 1.82) is 0 Å². The molecule has 0 radical (unpaired) electrons. The van der Waals surface area contributed by atoms with Crippen molar-refractivity contribution in [2.45, 2.75) is 0 Å². The van der Waals surface area contributed by atoms with E-state index in [2.05, 4.69) is 31.3 Å². The molecule has 0 aliphatic rings. The second kappa shape index (κ2) is 12.9. The van der Waals surface area contributed by atoms with Crippen LogP contribution in [-0.4, -0.2) is 21.9 Å². The minimum atomic E-state index is 0.268. The van der Waals surface area contributed by atoms with E-state index in [4.69, 9.17) is 24.4 Å². The Hall–Kier alpha value is -4.40. The van der Waals surface area contributed by atoms with Crippen LogP contribution in [0.4, 0.5) is 22.7 Å². The number of hydrogen-bond acceptors (Lipinski definition) is 2. The molecule has 4 rings (SSSR count). The number of thiocarbonyl (C=S) groups is 2. The molecule has 36 heavy (non-hydrogen) atoms. The second-order valence-corrected chi connectivity index (χ2v) is 8.27. The van der Waals surface area contributed by atoms with Crippen LogP contribution in [0.15, 0.2) is 131 Å². The van der Waals surface area contributed by atoms with Crippen LogP contribution in [0.5, 0.6) is 0 Å². The van der Waals surface area contributed by atoms with E-state index in [1.807, 2.05) is 121 Å². The highest BCUT2D eigenvalue weighted by Crippen LogP contribution is 2.12. The number of rotatable bonds is 4. The summed E-state index contributed by atoms with van der Waals surface area (Å²) in [5.74, 6) is 0.798. The molecular formula is C28H24N6S2. The van der Waals surface area contributed by atoms with E-state index in [1.165, 1.54) is 0 Å². The van der Waals surface area contributed by atoms with Crippen LogP contribution in [0.3, 0.4) is 0 Å². The number of anilines is 4. The average molecular weight is 509 g/mol. The predicted molar refractivity (Wildman–Crippen MR) is 160 cm³/mol. The van der Waals surface area contributed by atoms with Crippen LogP contribution in [0.1, 0.15) is 0 Å². The molecule has 0 atom stereocenters. The van der Waals surface area contributed by atoms with Gasteiger partial charge in [0.1, 0.15) is 0 Å². The zero-order valence-corrected chi connectivity index (χ0v) is 20.9. The summed E-state index contributed by atoms with van der Waals surface area (Å²) in [5.41, 5.74) is 3.31. The number of para-hydroxylation sites is 4. The minimum absolute atomic E-state index is 0.268. The van der Waals surface area contributed by atoms with E-state index in [9.17, 15) is 0 Å². The summed E-state index contributed by atoms with van der Waals surface area (Å²) in [5, 5.41) is 13.5. The summed E-state index contributed by atoms with van der Waals surface area (Å²) >= 11 is 11.1. The molecule has 0 unspecified atom stereocenters. The predicted octanol–water partition coefficient (Wildman–Crippen LogP) is 6.80. The molecule has 178 valence electrons. The lowest BCUT2D eigenvalue weighted by Crippen LogP contribution is -2.33. The van der Waals surface area contributed by atoms with Gasteiger partial charge in [-0.05, 0) is 73.0 Å². The van der Waals surface area contributed by atoms with Crippen LogP contribution >= 0.6 is 24.4 Å². The molecule has 0 saturated heterocycles. The fourth-order valence-corrected chi connectivity index (χ4v) is 3.56. The van der Waals surface area contributed by atoms with Crippen LogP contribution in [0.25, 0.3) is 0 Å². The molecule has 0 bridgehead atoms. The summed E-state index contributed by atoms with van der Waals surface area (Å²) in [6.45, 7) is 0. The molecule has 8 heteroatoms. The maximum atomic E-state index is 5.56. The molecular weight excluding hydrogens is 484 g/mol. The van der Waals surface area contributed by atoms with Crippen molar-refractivity contribution >= 4 is 69.1 Å². The van der Waals surface area contributed by atoms with Crippen molar-refractivity contribution in [2.75, 3.05) is 21.3 Å². The Kier molecular flexibility index (Phi) is 8.85. The molecule has 0 amide bonds. The van der Waals surface area contributed by atoms with Crippen molar-refractivity contribution in [3.05, 3.63) is 121 Å². The zero-order valence-electron chi connectivity index (χ0n) is 19.3. The highest BCUT2D eigenvalue weighted by Gasteiger charge is 2.14. The van der Waals surface area contributed by atoms with Crippen LogP contribution in [0.2, 0.25) is 0 Å². The van der Waals surface area contributed by atoms with E-state index in [0.717, 1.165) is 22.7 Å². The number of aliphatic imine (C=N–C) groups is 2. The fourth-order valence-electron chi connectivity index (χ4n) is 3.15. The molecule has 0 aromatic heterocycles. The topological polar surface area (TPSA) is 72.8 Å². The minimum Gasteiger partial charge on any atom is -0.337 e. The third kappa shape index (κ3) is 7.83. The lowest BCUT2D eigenvalue weighted by Gasteiger charge is -2.16. The Morgan fingerprint density at radius 2 is 0.639 bits per heavy atom. The number of nitrogens with one attached hydrogen (secondary N) is 4. The van der Waals surface area contributed by atoms with Crippen molar-refractivity contribution in [3.63, 3.8) is 0 Å². The number of hydrogen-bond donors (Lipinski definition) is 4. The monoisotopic (exact) mass is 508 g/mol. The largest absolute Gasteiger partial charge is 0.337 e. The van der Waals surface area contributed by atoms with Crippen molar-refractivity contribution in [1.82, 2.24) is 0 Å². The Labute approximate surface area is 221 Å². The van der Waals surface area contributed by atoms with Crippen molar-refractivity contribution in [3.8, 4) is 0 Å². The van der Waals surface area contributed by atoms with Crippen molar-refractivity contribution in [2.24, 2.45) is 9.98 Å². The average Bonchev–Trinajstić information content (AvgIpc) is 2.90. The first-order valence-electron chi connectivity index (χ1n) is 11.2. The number of amidine groups is 2. The maximum absolute atomic E-state index is 5.56. The Bertz CT molecular complexity index is 1240. The molecule has 0 heterocycles. The summed E-state index contributed by atoms with van der Waals surface area (Å²) < 4.78 is 0. The molecule has 6 nitrogen and oxygen atoms in total. The Balaban J connectivity index is 1.69. The molecule has 0 fully saturated rings. The van der Waals surface area contributed by atoms with Gasteiger partial charge >= 0.3 is 0 Å². The first-order chi connectivity index (χ1) is 17.7. The standard InChI is InChI=1S/C28H24N6S2/c35-27(31-23-17-9-3-10-18-23)33-25(29-21-13-5-1-6-14-21)26(30-22-15-7-2-8-16-22)34-28(36)32-24-19-11-4-12-20-24/h1-20H,(H2,29,31,33,35)(H2,30,32,34,36). The van der Waals surface area contributed by atoms with Gasteiger partial charge in [0, 0.05) is 22.7 Å². The molecule has 4 aromatic rings. The highest BCUT2D eigenvalue weighted by molar-refractivity contribution is 7.80.